The Morgan fingerprint density at radius 3 is 2.71 bits per heavy atom. The maximum absolute atomic E-state index is 11.2. The Hall–Kier alpha value is -1.22. The Kier molecular flexibility index (Phi) is 3.77. The monoisotopic (exact) mass is 212 g/mol. The number of nitrogens with zero attached hydrogens (tertiary/aromatic N) is 1. The molecule has 3 nitrogen and oxygen atoms in total. The molecule has 0 spiro atoms. The van der Waals surface area contributed by atoms with Gasteiger partial charge in [-0.3, -0.25) is 0 Å². The number of urea groups is 1. The molecule has 76 valence electrons. The average Bonchev–Trinajstić information content (AvgIpc) is 2.20. The molecule has 0 radical (unpaired) electrons. The summed E-state index contributed by atoms with van der Waals surface area (Å²) in [4.78, 5) is 12.8. The zero-order valence-corrected chi connectivity index (χ0v) is 9.01. The van der Waals surface area contributed by atoms with Crippen LogP contribution in [0.3, 0.4) is 0 Å². The first-order chi connectivity index (χ1) is 6.65. The van der Waals surface area contributed by atoms with E-state index in [4.69, 9.17) is 11.6 Å². The van der Waals surface area contributed by atoms with E-state index in [1.165, 1.54) is 0 Å². The number of amides is 2. The van der Waals surface area contributed by atoms with E-state index in [9.17, 15) is 4.79 Å². The predicted molar refractivity (Wildman–Crippen MR) is 57.4 cm³/mol. The van der Waals surface area contributed by atoms with Crippen molar-refractivity contribution >= 4 is 17.6 Å². The molecule has 0 aliphatic heterocycles. The molecule has 0 unspecified atom stereocenters. The lowest BCUT2D eigenvalue weighted by Crippen LogP contribution is -2.34. The van der Waals surface area contributed by atoms with Gasteiger partial charge in [-0.15, -0.1) is 0 Å². The van der Waals surface area contributed by atoms with Gasteiger partial charge in [0.2, 0.25) is 0 Å². The fourth-order valence-corrected chi connectivity index (χ4v) is 1.34. The van der Waals surface area contributed by atoms with Gasteiger partial charge in [0.15, 0.2) is 0 Å². The lowest BCUT2D eigenvalue weighted by molar-refractivity contribution is 0.209. The maximum atomic E-state index is 11.2. The first kappa shape index (κ1) is 10.9. The van der Waals surface area contributed by atoms with Gasteiger partial charge in [0.25, 0.3) is 0 Å². The number of benzene rings is 1. The molecule has 0 atom stereocenters. The third kappa shape index (κ3) is 2.64. The Morgan fingerprint density at radius 1 is 1.50 bits per heavy atom. The van der Waals surface area contributed by atoms with Crippen molar-refractivity contribution in [3.05, 3.63) is 34.9 Å². The quantitative estimate of drug-likeness (QED) is 0.800. The summed E-state index contributed by atoms with van der Waals surface area (Å²) in [5.74, 6) is 0. The molecule has 0 fully saturated rings. The zero-order valence-electron chi connectivity index (χ0n) is 8.25. The number of hydrogen-bond donors (Lipinski definition) is 1. The molecule has 4 heteroatoms. The number of nitrogens with one attached hydrogen (secondary N) is 1. The standard InChI is InChI=1S/C10H13ClN2O/c1-12-10(14)13(2)7-8-5-3-4-6-9(8)11/h3-6H,7H2,1-2H3,(H,12,14). The highest BCUT2D eigenvalue weighted by atomic mass is 35.5. The molecule has 1 rings (SSSR count). The summed E-state index contributed by atoms with van der Waals surface area (Å²) in [5, 5.41) is 3.23. The van der Waals surface area contributed by atoms with Gasteiger partial charge in [0.1, 0.15) is 0 Å². The minimum Gasteiger partial charge on any atom is -0.341 e. The highest BCUT2D eigenvalue weighted by Gasteiger charge is 2.07. The van der Waals surface area contributed by atoms with Crippen LogP contribution in [0.1, 0.15) is 5.56 Å². The maximum Gasteiger partial charge on any atom is 0.317 e. The van der Waals surface area contributed by atoms with Crippen LogP contribution >= 0.6 is 11.6 Å². The Bertz CT molecular complexity index is 328. The number of hydrogen-bond acceptors (Lipinski definition) is 1. The molecule has 14 heavy (non-hydrogen) atoms. The van der Waals surface area contributed by atoms with Gasteiger partial charge >= 0.3 is 6.03 Å². The number of carbonyl (C=O) groups excluding carboxylic acids is 1. The molecule has 0 heterocycles. The fourth-order valence-electron chi connectivity index (χ4n) is 1.14. The van der Waals surface area contributed by atoms with Crippen molar-refractivity contribution in [3.63, 3.8) is 0 Å². The van der Waals surface area contributed by atoms with Crippen LogP contribution in [0, 0.1) is 0 Å². The second-order valence-corrected chi connectivity index (χ2v) is 3.41. The van der Waals surface area contributed by atoms with Gasteiger partial charge in [-0.05, 0) is 11.6 Å². The highest BCUT2D eigenvalue weighted by Crippen LogP contribution is 2.16. The summed E-state index contributed by atoms with van der Waals surface area (Å²) in [6.07, 6.45) is 0. The van der Waals surface area contributed by atoms with Crippen molar-refractivity contribution in [1.82, 2.24) is 10.2 Å². The van der Waals surface area contributed by atoms with E-state index in [0.29, 0.717) is 11.6 Å². The molecule has 0 aliphatic rings. The van der Waals surface area contributed by atoms with E-state index in [2.05, 4.69) is 5.32 Å². The molecular weight excluding hydrogens is 200 g/mol. The van der Waals surface area contributed by atoms with Crippen LogP contribution in [0.2, 0.25) is 5.02 Å². The lowest BCUT2D eigenvalue weighted by Gasteiger charge is -2.16. The summed E-state index contributed by atoms with van der Waals surface area (Å²) < 4.78 is 0. The largest absolute Gasteiger partial charge is 0.341 e. The van der Waals surface area contributed by atoms with Crippen molar-refractivity contribution in [1.29, 1.82) is 0 Å². The lowest BCUT2D eigenvalue weighted by atomic mass is 10.2. The van der Waals surface area contributed by atoms with E-state index in [1.54, 1.807) is 19.0 Å². The third-order valence-electron chi connectivity index (χ3n) is 1.93. The smallest absolute Gasteiger partial charge is 0.317 e. The van der Waals surface area contributed by atoms with E-state index in [0.717, 1.165) is 5.56 Å². The first-order valence-corrected chi connectivity index (χ1v) is 4.69. The zero-order chi connectivity index (χ0) is 10.6. The van der Waals surface area contributed by atoms with Crippen molar-refractivity contribution in [2.45, 2.75) is 6.54 Å². The molecule has 0 saturated heterocycles. The minimum atomic E-state index is -0.120. The van der Waals surface area contributed by atoms with Crippen LogP contribution in [-0.4, -0.2) is 25.0 Å². The fraction of sp³-hybridized carbons (Fsp3) is 0.300. The van der Waals surface area contributed by atoms with Crippen molar-refractivity contribution < 1.29 is 4.79 Å². The molecule has 0 aromatic heterocycles. The van der Waals surface area contributed by atoms with Crippen LogP contribution in [0.15, 0.2) is 24.3 Å². The summed E-state index contributed by atoms with van der Waals surface area (Å²) >= 11 is 5.96. The van der Waals surface area contributed by atoms with Crippen LogP contribution in [-0.2, 0) is 6.54 Å². The van der Waals surface area contributed by atoms with E-state index in [-0.39, 0.29) is 6.03 Å². The van der Waals surface area contributed by atoms with Gasteiger partial charge in [0, 0.05) is 25.7 Å². The van der Waals surface area contributed by atoms with E-state index < -0.39 is 0 Å². The minimum absolute atomic E-state index is 0.120. The third-order valence-corrected chi connectivity index (χ3v) is 2.29. The summed E-state index contributed by atoms with van der Waals surface area (Å²) in [6.45, 7) is 0.513. The van der Waals surface area contributed by atoms with Gasteiger partial charge in [-0.1, -0.05) is 29.8 Å². The van der Waals surface area contributed by atoms with Crippen LogP contribution < -0.4 is 5.32 Å². The summed E-state index contributed by atoms with van der Waals surface area (Å²) in [7, 11) is 3.33. The highest BCUT2D eigenvalue weighted by molar-refractivity contribution is 6.31. The number of halogens is 1. The summed E-state index contributed by atoms with van der Waals surface area (Å²) in [5.41, 5.74) is 0.945. The van der Waals surface area contributed by atoms with Crippen LogP contribution in [0.4, 0.5) is 4.79 Å². The number of rotatable bonds is 2. The van der Waals surface area contributed by atoms with Gasteiger partial charge in [0.05, 0.1) is 0 Å². The first-order valence-electron chi connectivity index (χ1n) is 4.31. The van der Waals surface area contributed by atoms with E-state index >= 15 is 0 Å². The predicted octanol–water partition coefficient (Wildman–Crippen LogP) is 2.11. The number of carbonyl (C=O) groups is 1. The Morgan fingerprint density at radius 2 is 2.14 bits per heavy atom. The van der Waals surface area contributed by atoms with Crippen molar-refractivity contribution in [2.24, 2.45) is 0 Å². The molecule has 1 aromatic carbocycles. The molecule has 1 N–H and O–H groups in total. The molecule has 1 aromatic rings. The topological polar surface area (TPSA) is 32.3 Å². The van der Waals surface area contributed by atoms with Crippen LogP contribution in [0.5, 0.6) is 0 Å². The van der Waals surface area contributed by atoms with Gasteiger partial charge in [-0.2, -0.15) is 0 Å². The normalized spacial score (nSPS) is 9.64. The van der Waals surface area contributed by atoms with Gasteiger partial charge in [-0.25, -0.2) is 4.79 Å². The SMILES string of the molecule is CNC(=O)N(C)Cc1ccccc1Cl. The van der Waals surface area contributed by atoms with E-state index in [1.807, 2.05) is 24.3 Å². The average molecular weight is 213 g/mol. The molecule has 0 saturated carbocycles. The van der Waals surface area contributed by atoms with Crippen molar-refractivity contribution in [2.75, 3.05) is 14.1 Å². The Balaban J connectivity index is 2.69. The summed E-state index contributed by atoms with van der Waals surface area (Å²) in [6, 6.07) is 7.37. The second kappa shape index (κ2) is 4.86. The molecular formula is C10H13ClN2O. The second-order valence-electron chi connectivity index (χ2n) is 3.00. The molecule has 0 bridgehead atoms. The molecule has 2 amide bonds. The Labute approximate surface area is 88.7 Å². The molecule has 0 aliphatic carbocycles. The van der Waals surface area contributed by atoms with Gasteiger partial charge < -0.3 is 10.2 Å². The van der Waals surface area contributed by atoms with Crippen LogP contribution in [0.25, 0.3) is 0 Å². The van der Waals surface area contributed by atoms with Crippen molar-refractivity contribution in [3.8, 4) is 0 Å².